The summed E-state index contributed by atoms with van der Waals surface area (Å²) < 4.78 is 5.74. The molecule has 0 spiro atoms. The zero-order chi connectivity index (χ0) is 16.8. The number of nitrogens with zero attached hydrogens (tertiary/aromatic N) is 1. The van der Waals surface area contributed by atoms with Crippen LogP contribution in [0.4, 0.5) is 5.82 Å². The molecule has 0 bridgehead atoms. The minimum absolute atomic E-state index is 0.178. The summed E-state index contributed by atoms with van der Waals surface area (Å²) in [5, 5.41) is 3.17. The molecule has 4 heteroatoms. The summed E-state index contributed by atoms with van der Waals surface area (Å²) in [6.45, 7) is 0. The number of rotatable bonds is 6. The van der Waals surface area contributed by atoms with Crippen molar-refractivity contribution in [2.75, 3.05) is 12.4 Å². The molecular weight excluding hydrogens is 300 g/mol. The van der Waals surface area contributed by atoms with Crippen molar-refractivity contribution < 1.29 is 9.53 Å². The van der Waals surface area contributed by atoms with Crippen LogP contribution in [0.15, 0.2) is 85.1 Å². The van der Waals surface area contributed by atoms with E-state index in [2.05, 4.69) is 10.3 Å². The van der Waals surface area contributed by atoms with Crippen LogP contribution in [0.1, 0.15) is 15.9 Å². The average Bonchev–Trinajstić information content (AvgIpc) is 2.68. The second-order valence-corrected chi connectivity index (χ2v) is 5.29. The van der Waals surface area contributed by atoms with Gasteiger partial charge in [-0.05, 0) is 12.1 Å². The van der Waals surface area contributed by atoms with Crippen LogP contribution in [0.5, 0.6) is 0 Å². The maximum atomic E-state index is 13.3. The highest BCUT2D eigenvalue weighted by Crippen LogP contribution is 2.30. The first kappa shape index (κ1) is 15.9. The molecule has 1 heterocycles. The van der Waals surface area contributed by atoms with Gasteiger partial charge in [0.05, 0.1) is 0 Å². The molecule has 3 rings (SSSR count). The van der Waals surface area contributed by atoms with Crippen LogP contribution >= 0.6 is 0 Å². The van der Waals surface area contributed by atoms with Gasteiger partial charge in [-0.1, -0.05) is 66.7 Å². The highest BCUT2D eigenvalue weighted by Gasteiger charge is 2.41. The Bertz CT molecular complexity index is 792. The average molecular weight is 318 g/mol. The minimum Gasteiger partial charge on any atom is -0.348 e. The molecular formula is C20H18N2O2. The summed E-state index contributed by atoms with van der Waals surface area (Å²) >= 11 is 0. The molecule has 1 atom stereocenters. The van der Waals surface area contributed by atoms with Gasteiger partial charge in [-0.3, -0.25) is 4.79 Å². The molecule has 4 nitrogen and oxygen atoms in total. The molecule has 0 radical (unpaired) electrons. The smallest absolute Gasteiger partial charge is 0.231 e. The van der Waals surface area contributed by atoms with E-state index in [0.29, 0.717) is 16.9 Å². The Morgan fingerprint density at radius 3 is 2.12 bits per heavy atom. The fraction of sp³-hybridized carbons (Fsp3) is 0.100. The van der Waals surface area contributed by atoms with Crippen molar-refractivity contribution in [2.45, 2.75) is 5.72 Å². The number of benzene rings is 2. The monoisotopic (exact) mass is 318 g/mol. The van der Waals surface area contributed by atoms with E-state index in [0.717, 1.165) is 0 Å². The predicted molar refractivity (Wildman–Crippen MR) is 93.8 cm³/mol. The van der Waals surface area contributed by atoms with Crippen LogP contribution in [0.2, 0.25) is 0 Å². The summed E-state index contributed by atoms with van der Waals surface area (Å²) in [5.41, 5.74) is -0.0737. The van der Waals surface area contributed by atoms with Crippen LogP contribution in [-0.4, -0.2) is 17.9 Å². The Kier molecular flexibility index (Phi) is 4.68. The molecule has 0 aliphatic rings. The number of carbonyl (C=O) groups excluding carboxylic acids is 1. The molecule has 0 fully saturated rings. The quantitative estimate of drug-likeness (QED) is 0.553. The molecule has 0 saturated heterocycles. The first-order chi connectivity index (χ1) is 11.8. The highest BCUT2D eigenvalue weighted by molar-refractivity contribution is 6.04. The normalized spacial score (nSPS) is 13.0. The standard InChI is InChI=1S/C20H18N2O2/c1-24-20(17-12-6-3-7-13-17,22-18-14-8-9-15-21-18)19(23)16-10-4-2-5-11-16/h2-15H,1H3,(H,21,22). The molecule has 1 aromatic heterocycles. The Hall–Kier alpha value is -2.98. The second-order valence-electron chi connectivity index (χ2n) is 5.29. The number of hydrogen-bond donors (Lipinski definition) is 1. The number of nitrogens with one attached hydrogen (secondary N) is 1. The number of hydrogen-bond acceptors (Lipinski definition) is 4. The van der Waals surface area contributed by atoms with Crippen LogP contribution < -0.4 is 5.32 Å². The van der Waals surface area contributed by atoms with Crippen LogP contribution in [-0.2, 0) is 10.5 Å². The Labute approximate surface area is 141 Å². The van der Waals surface area contributed by atoms with Crippen LogP contribution in [0.25, 0.3) is 0 Å². The maximum Gasteiger partial charge on any atom is 0.231 e. The van der Waals surface area contributed by atoms with Gasteiger partial charge >= 0.3 is 0 Å². The van der Waals surface area contributed by atoms with Gasteiger partial charge in [-0.15, -0.1) is 0 Å². The lowest BCUT2D eigenvalue weighted by molar-refractivity contribution is 0.0154. The molecule has 0 aliphatic carbocycles. The second kappa shape index (κ2) is 7.06. The number of anilines is 1. The third-order valence-corrected chi connectivity index (χ3v) is 3.81. The molecule has 1 unspecified atom stereocenters. The van der Waals surface area contributed by atoms with E-state index >= 15 is 0 Å². The van der Waals surface area contributed by atoms with Crippen molar-refractivity contribution in [3.8, 4) is 0 Å². The molecule has 120 valence electrons. The van der Waals surface area contributed by atoms with E-state index < -0.39 is 5.72 Å². The van der Waals surface area contributed by atoms with Crippen molar-refractivity contribution in [2.24, 2.45) is 0 Å². The predicted octanol–water partition coefficient (Wildman–Crippen LogP) is 3.88. The van der Waals surface area contributed by atoms with Crippen molar-refractivity contribution in [3.63, 3.8) is 0 Å². The molecule has 0 amide bonds. The summed E-state index contributed by atoms with van der Waals surface area (Å²) in [4.78, 5) is 17.6. The maximum absolute atomic E-state index is 13.3. The highest BCUT2D eigenvalue weighted by atomic mass is 16.5. The third-order valence-electron chi connectivity index (χ3n) is 3.81. The van der Waals surface area contributed by atoms with Gasteiger partial charge < -0.3 is 10.1 Å². The van der Waals surface area contributed by atoms with E-state index in [1.807, 2.05) is 60.7 Å². The molecule has 3 aromatic rings. The van der Waals surface area contributed by atoms with Gasteiger partial charge in [0.2, 0.25) is 11.5 Å². The minimum atomic E-state index is -1.35. The van der Waals surface area contributed by atoms with E-state index in [-0.39, 0.29) is 5.78 Å². The summed E-state index contributed by atoms with van der Waals surface area (Å²) in [6.07, 6.45) is 1.67. The lowest BCUT2D eigenvalue weighted by Gasteiger charge is -2.32. The topological polar surface area (TPSA) is 51.2 Å². The number of aromatic nitrogens is 1. The van der Waals surface area contributed by atoms with E-state index in [1.54, 1.807) is 24.4 Å². The lowest BCUT2D eigenvalue weighted by atomic mass is 9.93. The number of pyridine rings is 1. The Morgan fingerprint density at radius 1 is 0.917 bits per heavy atom. The van der Waals surface area contributed by atoms with Gasteiger partial charge in [0, 0.05) is 24.4 Å². The third kappa shape index (κ3) is 3.05. The number of Topliss-reactive ketones (excluding diaryl/α,β-unsaturated/α-hetero) is 1. The van der Waals surface area contributed by atoms with Crippen LogP contribution in [0.3, 0.4) is 0 Å². The van der Waals surface area contributed by atoms with Crippen LogP contribution in [0, 0.1) is 0 Å². The van der Waals surface area contributed by atoms with Gasteiger partial charge in [0.25, 0.3) is 0 Å². The number of ether oxygens (including phenoxy) is 1. The number of methoxy groups -OCH3 is 1. The molecule has 2 aromatic carbocycles. The Morgan fingerprint density at radius 2 is 1.54 bits per heavy atom. The zero-order valence-corrected chi connectivity index (χ0v) is 13.3. The van der Waals surface area contributed by atoms with Crippen molar-refractivity contribution in [1.82, 2.24) is 4.98 Å². The summed E-state index contributed by atoms with van der Waals surface area (Å²) in [5.74, 6) is 0.384. The summed E-state index contributed by atoms with van der Waals surface area (Å²) in [6, 6.07) is 23.9. The first-order valence-corrected chi connectivity index (χ1v) is 7.66. The zero-order valence-electron chi connectivity index (χ0n) is 13.3. The SMILES string of the molecule is COC(Nc1ccccn1)(C(=O)c1ccccc1)c1ccccc1. The van der Waals surface area contributed by atoms with Crippen molar-refractivity contribution >= 4 is 11.6 Å². The van der Waals surface area contributed by atoms with Gasteiger partial charge in [0.1, 0.15) is 5.82 Å². The van der Waals surface area contributed by atoms with E-state index in [9.17, 15) is 4.79 Å². The number of carbonyl (C=O) groups is 1. The van der Waals surface area contributed by atoms with Gasteiger partial charge in [0.15, 0.2) is 0 Å². The molecule has 24 heavy (non-hydrogen) atoms. The van der Waals surface area contributed by atoms with E-state index in [1.165, 1.54) is 7.11 Å². The molecule has 1 N–H and O–H groups in total. The van der Waals surface area contributed by atoms with Gasteiger partial charge in [-0.25, -0.2) is 4.98 Å². The lowest BCUT2D eigenvalue weighted by Crippen LogP contribution is -2.45. The van der Waals surface area contributed by atoms with E-state index in [4.69, 9.17) is 4.74 Å². The first-order valence-electron chi connectivity index (χ1n) is 7.66. The van der Waals surface area contributed by atoms with Crippen molar-refractivity contribution in [3.05, 3.63) is 96.2 Å². The number of ketones is 1. The Balaban J connectivity index is 2.11. The fourth-order valence-corrected chi connectivity index (χ4v) is 2.60. The molecule has 0 aliphatic heterocycles. The largest absolute Gasteiger partial charge is 0.348 e. The van der Waals surface area contributed by atoms with Gasteiger partial charge in [-0.2, -0.15) is 0 Å². The molecule has 0 saturated carbocycles. The fourth-order valence-electron chi connectivity index (χ4n) is 2.60. The van der Waals surface area contributed by atoms with Crippen molar-refractivity contribution in [1.29, 1.82) is 0 Å². The summed E-state index contributed by atoms with van der Waals surface area (Å²) in [7, 11) is 1.52.